The van der Waals surface area contributed by atoms with E-state index in [1.54, 1.807) is 36.5 Å². The molecule has 0 spiro atoms. The summed E-state index contributed by atoms with van der Waals surface area (Å²) in [6, 6.07) is 11.0. The molecule has 0 fully saturated rings. The maximum atomic E-state index is 12.0. The van der Waals surface area contributed by atoms with Crippen molar-refractivity contribution in [1.82, 2.24) is 15.4 Å². The van der Waals surface area contributed by atoms with Crippen LogP contribution >= 0.6 is 0 Å². The standard InChI is InChI=1S/C20H17N5O5/c1-2-29-18-10-14(11-23-24-20(26)15-4-3-9-21-12-15)5-7-17(18)30-19-8-6-16(13-22-19)25(27)28/h3-13H,2H2,1H3,(H,24,26). The summed E-state index contributed by atoms with van der Waals surface area (Å²) in [5.74, 6) is 0.621. The number of ether oxygens (including phenoxy) is 2. The third kappa shape index (κ3) is 5.35. The lowest BCUT2D eigenvalue weighted by molar-refractivity contribution is -0.385. The van der Waals surface area contributed by atoms with E-state index in [-0.39, 0.29) is 17.5 Å². The van der Waals surface area contributed by atoms with E-state index in [0.717, 1.165) is 6.20 Å². The van der Waals surface area contributed by atoms with Crippen molar-refractivity contribution in [3.63, 3.8) is 0 Å². The van der Waals surface area contributed by atoms with Crippen molar-refractivity contribution in [2.24, 2.45) is 5.10 Å². The van der Waals surface area contributed by atoms with Crippen LogP contribution in [-0.4, -0.2) is 33.6 Å². The Morgan fingerprint density at radius 1 is 1.23 bits per heavy atom. The second kappa shape index (κ2) is 9.73. The molecule has 10 heteroatoms. The zero-order valence-corrected chi connectivity index (χ0v) is 15.9. The molecule has 0 aliphatic rings. The maximum absolute atomic E-state index is 12.0. The molecule has 3 rings (SSSR count). The number of nitro groups is 1. The number of nitrogens with one attached hydrogen (secondary N) is 1. The summed E-state index contributed by atoms with van der Waals surface area (Å²) in [6.07, 6.45) is 5.59. The van der Waals surface area contributed by atoms with E-state index in [0.29, 0.717) is 29.2 Å². The number of nitrogens with zero attached hydrogens (tertiary/aromatic N) is 4. The van der Waals surface area contributed by atoms with Crippen LogP contribution in [0.5, 0.6) is 17.4 Å². The van der Waals surface area contributed by atoms with Gasteiger partial charge >= 0.3 is 0 Å². The van der Waals surface area contributed by atoms with Crippen molar-refractivity contribution in [3.8, 4) is 17.4 Å². The number of carbonyl (C=O) groups excluding carboxylic acids is 1. The van der Waals surface area contributed by atoms with E-state index >= 15 is 0 Å². The van der Waals surface area contributed by atoms with Crippen molar-refractivity contribution in [3.05, 3.63) is 82.3 Å². The van der Waals surface area contributed by atoms with Gasteiger partial charge in [-0.3, -0.25) is 19.9 Å². The number of carbonyl (C=O) groups is 1. The molecule has 0 aliphatic heterocycles. The molecular formula is C20H17N5O5. The third-order valence-electron chi connectivity index (χ3n) is 3.72. The Hall–Kier alpha value is -4.34. The Kier molecular flexibility index (Phi) is 6.62. The van der Waals surface area contributed by atoms with Gasteiger partial charge in [0.05, 0.1) is 23.3 Å². The van der Waals surface area contributed by atoms with Gasteiger partial charge in [0.25, 0.3) is 11.6 Å². The van der Waals surface area contributed by atoms with Crippen molar-refractivity contribution < 1.29 is 19.2 Å². The van der Waals surface area contributed by atoms with Crippen LogP contribution in [0.15, 0.2) is 66.2 Å². The van der Waals surface area contributed by atoms with Crippen LogP contribution in [-0.2, 0) is 0 Å². The molecule has 1 aromatic carbocycles. The molecule has 1 amide bonds. The van der Waals surface area contributed by atoms with Crippen LogP contribution < -0.4 is 14.9 Å². The fourth-order valence-electron chi connectivity index (χ4n) is 2.34. The molecule has 10 nitrogen and oxygen atoms in total. The SMILES string of the molecule is CCOc1cc(C=NNC(=O)c2cccnc2)ccc1Oc1ccc([N+](=O)[O-])cn1. The summed E-state index contributed by atoms with van der Waals surface area (Å²) in [5, 5.41) is 14.7. The second-order valence-corrected chi connectivity index (χ2v) is 5.79. The number of hydrazone groups is 1. The second-order valence-electron chi connectivity index (χ2n) is 5.79. The van der Waals surface area contributed by atoms with Gasteiger partial charge in [0, 0.05) is 24.5 Å². The van der Waals surface area contributed by atoms with Gasteiger partial charge in [-0.1, -0.05) is 0 Å². The van der Waals surface area contributed by atoms with Crippen molar-refractivity contribution >= 4 is 17.8 Å². The minimum atomic E-state index is -0.538. The van der Waals surface area contributed by atoms with Crippen LogP contribution in [0.2, 0.25) is 0 Å². The highest BCUT2D eigenvalue weighted by Gasteiger charge is 2.11. The van der Waals surface area contributed by atoms with Gasteiger partial charge in [-0.25, -0.2) is 10.4 Å². The molecule has 30 heavy (non-hydrogen) atoms. The Bertz CT molecular complexity index is 1050. The highest BCUT2D eigenvalue weighted by molar-refractivity contribution is 5.94. The number of pyridine rings is 2. The molecular weight excluding hydrogens is 390 g/mol. The van der Waals surface area contributed by atoms with Gasteiger partial charge in [-0.15, -0.1) is 0 Å². The van der Waals surface area contributed by atoms with Crippen molar-refractivity contribution in [1.29, 1.82) is 0 Å². The minimum Gasteiger partial charge on any atom is -0.490 e. The zero-order chi connectivity index (χ0) is 21.3. The van der Waals surface area contributed by atoms with Crippen LogP contribution in [0.4, 0.5) is 5.69 Å². The van der Waals surface area contributed by atoms with Crippen molar-refractivity contribution in [2.45, 2.75) is 6.92 Å². The highest BCUT2D eigenvalue weighted by atomic mass is 16.6. The number of rotatable bonds is 8. The van der Waals surface area contributed by atoms with Crippen LogP contribution in [0.25, 0.3) is 0 Å². The molecule has 0 aliphatic carbocycles. The highest BCUT2D eigenvalue weighted by Crippen LogP contribution is 2.32. The van der Waals surface area contributed by atoms with Crippen LogP contribution in [0, 0.1) is 10.1 Å². The van der Waals surface area contributed by atoms with Gasteiger partial charge in [0.15, 0.2) is 11.5 Å². The fourth-order valence-corrected chi connectivity index (χ4v) is 2.34. The molecule has 0 atom stereocenters. The van der Waals surface area contributed by atoms with E-state index in [1.165, 1.54) is 24.5 Å². The lowest BCUT2D eigenvalue weighted by Gasteiger charge is -2.11. The summed E-state index contributed by atoms with van der Waals surface area (Å²) in [7, 11) is 0. The molecule has 0 bridgehead atoms. The normalized spacial score (nSPS) is 10.6. The molecule has 0 unspecified atom stereocenters. The molecule has 152 valence electrons. The Labute approximate surface area is 171 Å². The van der Waals surface area contributed by atoms with Crippen LogP contribution in [0.1, 0.15) is 22.8 Å². The Morgan fingerprint density at radius 2 is 2.10 bits per heavy atom. The average molecular weight is 407 g/mol. The van der Waals surface area contributed by atoms with Gasteiger partial charge < -0.3 is 9.47 Å². The first kappa shape index (κ1) is 20.4. The van der Waals surface area contributed by atoms with Gasteiger partial charge in [-0.05, 0) is 42.8 Å². The predicted octanol–water partition coefficient (Wildman–Crippen LogP) is 3.34. The number of hydrogen-bond donors (Lipinski definition) is 1. The van der Waals surface area contributed by atoms with E-state index in [2.05, 4.69) is 20.5 Å². The first-order valence-corrected chi connectivity index (χ1v) is 8.85. The quantitative estimate of drug-likeness (QED) is 0.344. The summed E-state index contributed by atoms with van der Waals surface area (Å²) in [5.41, 5.74) is 3.34. The lowest BCUT2D eigenvalue weighted by atomic mass is 10.2. The van der Waals surface area contributed by atoms with Crippen LogP contribution in [0.3, 0.4) is 0 Å². The fraction of sp³-hybridized carbons (Fsp3) is 0.100. The van der Waals surface area contributed by atoms with Gasteiger partial charge in [0.2, 0.25) is 5.88 Å². The first-order chi connectivity index (χ1) is 14.6. The number of hydrogen-bond acceptors (Lipinski definition) is 8. The monoisotopic (exact) mass is 407 g/mol. The number of aromatic nitrogens is 2. The average Bonchev–Trinajstić information content (AvgIpc) is 2.76. The summed E-state index contributed by atoms with van der Waals surface area (Å²) < 4.78 is 11.3. The molecule has 0 saturated carbocycles. The Morgan fingerprint density at radius 3 is 2.77 bits per heavy atom. The van der Waals surface area contributed by atoms with Crippen molar-refractivity contribution in [2.75, 3.05) is 6.61 Å². The number of amides is 1. The molecule has 2 heterocycles. The zero-order valence-electron chi connectivity index (χ0n) is 15.9. The molecule has 3 aromatic rings. The number of benzene rings is 1. The molecule has 0 radical (unpaired) electrons. The molecule has 1 N–H and O–H groups in total. The summed E-state index contributed by atoms with van der Waals surface area (Å²) in [4.78, 5) is 29.9. The minimum absolute atomic E-state index is 0.132. The predicted molar refractivity (Wildman–Crippen MR) is 108 cm³/mol. The van der Waals surface area contributed by atoms with Gasteiger partial charge in [-0.2, -0.15) is 5.10 Å². The molecule has 2 aromatic heterocycles. The lowest BCUT2D eigenvalue weighted by Crippen LogP contribution is -2.17. The van der Waals surface area contributed by atoms with E-state index in [9.17, 15) is 14.9 Å². The van der Waals surface area contributed by atoms with E-state index in [1.807, 2.05) is 6.92 Å². The third-order valence-corrected chi connectivity index (χ3v) is 3.72. The smallest absolute Gasteiger partial charge is 0.287 e. The largest absolute Gasteiger partial charge is 0.490 e. The van der Waals surface area contributed by atoms with E-state index in [4.69, 9.17) is 9.47 Å². The summed E-state index contributed by atoms with van der Waals surface area (Å²) in [6.45, 7) is 2.21. The molecule has 0 saturated heterocycles. The topological polar surface area (TPSA) is 129 Å². The first-order valence-electron chi connectivity index (χ1n) is 8.85. The van der Waals surface area contributed by atoms with Gasteiger partial charge in [0.1, 0.15) is 6.20 Å². The maximum Gasteiger partial charge on any atom is 0.287 e. The van der Waals surface area contributed by atoms with E-state index < -0.39 is 4.92 Å². The Balaban J connectivity index is 1.71. The summed E-state index contributed by atoms with van der Waals surface area (Å²) >= 11 is 0.